The molecule has 6 heteroatoms. The van der Waals surface area contributed by atoms with Crippen LogP contribution in [-0.2, 0) is 4.79 Å². The number of aliphatic hydroxyl groups excluding tert-OH is 1. The number of nitrogens with zero attached hydrogens (tertiary/aromatic N) is 3. The lowest BCUT2D eigenvalue weighted by atomic mass is 10.2. The maximum Gasteiger partial charge on any atom is 0.330 e. The Morgan fingerprint density at radius 1 is 1.77 bits per heavy atom. The van der Waals surface area contributed by atoms with E-state index < -0.39 is 12.1 Å². The summed E-state index contributed by atoms with van der Waals surface area (Å²) < 4.78 is 0. The summed E-state index contributed by atoms with van der Waals surface area (Å²) in [6.45, 7) is 1.39. The maximum absolute atomic E-state index is 10.3. The van der Waals surface area contributed by atoms with Gasteiger partial charge < -0.3 is 10.2 Å². The van der Waals surface area contributed by atoms with E-state index in [0.29, 0.717) is 0 Å². The molecule has 0 radical (unpaired) electrons. The second-order valence-corrected chi connectivity index (χ2v) is 2.50. The predicted octanol–water partition coefficient (Wildman–Crippen LogP) is 1.08. The lowest BCUT2D eigenvalue weighted by Gasteiger charge is -2.02. The van der Waals surface area contributed by atoms with E-state index in [1.54, 1.807) is 0 Å². The fourth-order valence-corrected chi connectivity index (χ4v) is 0.605. The van der Waals surface area contributed by atoms with E-state index in [0.717, 1.165) is 0 Å². The number of azide groups is 1. The van der Waals surface area contributed by atoms with Gasteiger partial charge in [0.1, 0.15) is 0 Å². The third-order valence-electron chi connectivity index (χ3n) is 1.39. The molecule has 1 atom stereocenters. The van der Waals surface area contributed by atoms with Gasteiger partial charge in [0.2, 0.25) is 0 Å². The van der Waals surface area contributed by atoms with Gasteiger partial charge in [-0.25, -0.2) is 4.79 Å². The Hall–Kier alpha value is -1.52. The predicted molar refractivity (Wildman–Crippen MR) is 46.0 cm³/mol. The standard InChI is InChI=1S/C7H11N3O3/c1-5(7(12)13)2-3-6(11)4-9-10-8/h2,6,11H,3-4H2,1H3,(H,12,13)/b5-2+. The molecule has 1 unspecified atom stereocenters. The van der Waals surface area contributed by atoms with Crippen molar-refractivity contribution in [3.05, 3.63) is 22.1 Å². The first-order chi connectivity index (χ1) is 6.07. The molecular weight excluding hydrogens is 174 g/mol. The normalized spacial score (nSPS) is 13.2. The van der Waals surface area contributed by atoms with Gasteiger partial charge in [-0.1, -0.05) is 11.2 Å². The minimum Gasteiger partial charge on any atom is -0.478 e. The van der Waals surface area contributed by atoms with Crippen LogP contribution in [0.1, 0.15) is 13.3 Å². The molecule has 0 spiro atoms. The van der Waals surface area contributed by atoms with Crippen LogP contribution in [0.4, 0.5) is 0 Å². The molecule has 0 aliphatic carbocycles. The summed E-state index contributed by atoms with van der Waals surface area (Å²) >= 11 is 0. The van der Waals surface area contributed by atoms with Crippen LogP contribution in [0.25, 0.3) is 10.4 Å². The minimum atomic E-state index is -1.02. The lowest BCUT2D eigenvalue weighted by Crippen LogP contribution is -2.09. The van der Waals surface area contributed by atoms with E-state index in [1.807, 2.05) is 0 Å². The van der Waals surface area contributed by atoms with Gasteiger partial charge >= 0.3 is 5.97 Å². The smallest absolute Gasteiger partial charge is 0.330 e. The summed E-state index contributed by atoms with van der Waals surface area (Å²) in [5, 5.41) is 20.7. The fourth-order valence-electron chi connectivity index (χ4n) is 0.605. The van der Waals surface area contributed by atoms with Gasteiger partial charge in [-0.2, -0.15) is 0 Å². The second-order valence-electron chi connectivity index (χ2n) is 2.50. The molecule has 0 saturated heterocycles. The van der Waals surface area contributed by atoms with Gasteiger partial charge in [-0.15, -0.1) is 0 Å². The van der Waals surface area contributed by atoms with Crippen molar-refractivity contribution in [2.24, 2.45) is 5.11 Å². The second kappa shape index (κ2) is 6.05. The number of aliphatic hydroxyl groups is 1. The fraction of sp³-hybridized carbons (Fsp3) is 0.571. The number of rotatable bonds is 5. The Morgan fingerprint density at radius 3 is 2.85 bits per heavy atom. The van der Waals surface area contributed by atoms with Crippen molar-refractivity contribution in [1.82, 2.24) is 0 Å². The highest BCUT2D eigenvalue weighted by Crippen LogP contribution is 2.00. The Bertz CT molecular complexity index is 256. The molecule has 0 aromatic carbocycles. The van der Waals surface area contributed by atoms with Crippen LogP contribution in [0.3, 0.4) is 0 Å². The van der Waals surface area contributed by atoms with E-state index in [1.165, 1.54) is 13.0 Å². The number of carbonyl (C=O) groups is 1. The first kappa shape index (κ1) is 11.5. The SMILES string of the molecule is C/C(=C\CC(O)CN=[N+]=[N-])C(=O)O. The van der Waals surface area contributed by atoms with Crippen LogP contribution in [0, 0.1) is 0 Å². The van der Waals surface area contributed by atoms with Gasteiger partial charge in [0, 0.05) is 10.5 Å². The summed E-state index contributed by atoms with van der Waals surface area (Å²) in [4.78, 5) is 12.8. The van der Waals surface area contributed by atoms with Crippen molar-refractivity contribution in [2.75, 3.05) is 6.54 Å². The summed E-state index contributed by atoms with van der Waals surface area (Å²) in [7, 11) is 0. The Morgan fingerprint density at radius 2 is 2.38 bits per heavy atom. The maximum atomic E-state index is 10.3. The van der Waals surface area contributed by atoms with Crippen LogP contribution in [0.5, 0.6) is 0 Å². The zero-order valence-corrected chi connectivity index (χ0v) is 7.21. The number of carboxylic acid groups (broad SMARTS) is 1. The Balaban J connectivity index is 3.93. The summed E-state index contributed by atoms with van der Waals surface area (Å²) in [5.41, 5.74) is 8.09. The molecule has 0 saturated carbocycles. The van der Waals surface area contributed by atoms with Crippen molar-refractivity contribution >= 4 is 5.97 Å². The molecule has 0 bridgehead atoms. The molecule has 0 aliphatic rings. The van der Waals surface area contributed by atoms with Crippen LogP contribution >= 0.6 is 0 Å². The van der Waals surface area contributed by atoms with Crippen molar-refractivity contribution in [1.29, 1.82) is 0 Å². The van der Waals surface area contributed by atoms with E-state index in [-0.39, 0.29) is 18.5 Å². The third-order valence-corrected chi connectivity index (χ3v) is 1.39. The molecule has 0 aliphatic heterocycles. The average Bonchev–Trinajstić information content (AvgIpc) is 2.10. The molecule has 0 fully saturated rings. The number of hydrogen-bond donors (Lipinski definition) is 2. The van der Waals surface area contributed by atoms with Crippen LogP contribution in [0.2, 0.25) is 0 Å². The van der Waals surface area contributed by atoms with Gasteiger partial charge in [0.15, 0.2) is 0 Å². The molecule has 0 aromatic heterocycles. The number of carboxylic acids is 1. The van der Waals surface area contributed by atoms with Crippen molar-refractivity contribution in [3.8, 4) is 0 Å². The van der Waals surface area contributed by atoms with E-state index in [2.05, 4.69) is 10.0 Å². The molecule has 13 heavy (non-hydrogen) atoms. The third kappa shape index (κ3) is 5.72. The molecule has 0 aromatic rings. The lowest BCUT2D eigenvalue weighted by molar-refractivity contribution is -0.132. The largest absolute Gasteiger partial charge is 0.478 e. The van der Waals surface area contributed by atoms with Crippen LogP contribution in [-0.4, -0.2) is 28.8 Å². The topological polar surface area (TPSA) is 106 Å². The van der Waals surface area contributed by atoms with Gasteiger partial charge in [0.05, 0.1) is 12.6 Å². The highest BCUT2D eigenvalue weighted by molar-refractivity contribution is 5.85. The molecule has 72 valence electrons. The molecule has 6 nitrogen and oxygen atoms in total. The average molecular weight is 185 g/mol. The minimum absolute atomic E-state index is 0.0418. The van der Waals surface area contributed by atoms with E-state index in [4.69, 9.17) is 15.7 Å². The van der Waals surface area contributed by atoms with Gasteiger partial charge in [0.25, 0.3) is 0 Å². The summed E-state index contributed by atoms with van der Waals surface area (Å²) in [5.74, 6) is -1.02. The van der Waals surface area contributed by atoms with Crippen LogP contribution < -0.4 is 0 Å². The van der Waals surface area contributed by atoms with Crippen LogP contribution in [0.15, 0.2) is 16.8 Å². The Labute approximate surface area is 75.1 Å². The van der Waals surface area contributed by atoms with E-state index in [9.17, 15) is 4.79 Å². The first-order valence-corrected chi connectivity index (χ1v) is 3.67. The van der Waals surface area contributed by atoms with E-state index >= 15 is 0 Å². The summed E-state index contributed by atoms with van der Waals surface area (Å²) in [6, 6.07) is 0. The first-order valence-electron chi connectivity index (χ1n) is 3.67. The van der Waals surface area contributed by atoms with Crippen molar-refractivity contribution in [3.63, 3.8) is 0 Å². The van der Waals surface area contributed by atoms with Gasteiger partial charge in [-0.05, 0) is 18.9 Å². The van der Waals surface area contributed by atoms with Crippen molar-refractivity contribution < 1.29 is 15.0 Å². The highest BCUT2D eigenvalue weighted by atomic mass is 16.4. The molecule has 0 rings (SSSR count). The molecule has 2 N–H and O–H groups in total. The zero-order chi connectivity index (χ0) is 10.3. The zero-order valence-electron chi connectivity index (χ0n) is 7.21. The summed E-state index contributed by atoms with van der Waals surface area (Å²) in [6.07, 6.45) is 0.752. The van der Waals surface area contributed by atoms with Crippen molar-refractivity contribution in [2.45, 2.75) is 19.4 Å². The number of hydrogen-bond acceptors (Lipinski definition) is 3. The highest BCUT2D eigenvalue weighted by Gasteiger charge is 2.03. The molecule has 0 amide bonds. The molecular formula is C7H11N3O3. The van der Waals surface area contributed by atoms with Gasteiger partial charge in [-0.3, -0.25) is 0 Å². The Kier molecular flexibility index (Phi) is 5.34. The monoisotopic (exact) mass is 185 g/mol. The number of aliphatic carboxylic acids is 1. The molecule has 0 heterocycles. The quantitative estimate of drug-likeness (QED) is 0.289.